The number of carbonyl (C=O) groups is 1. The number of hydrogen-bond acceptors (Lipinski definition) is 3. The molecule has 0 atom stereocenters. The minimum Gasteiger partial charge on any atom is -0.497 e. The monoisotopic (exact) mass is 343 g/mol. The second-order valence-corrected chi connectivity index (χ2v) is 5.90. The molecule has 4 nitrogen and oxygen atoms in total. The molecule has 1 heterocycles. The van der Waals surface area contributed by atoms with Gasteiger partial charge in [-0.25, -0.2) is 0 Å². The molecule has 128 valence electrons. The van der Waals surface area contributed by atoms with Crippen molar-refractivity contribution in [2.24, 2.45) is 0 Å². The van der Waals surface area contributed by atoms with E-state index in [1.807, 2.05) is 66.7 Å². The van der Waals surface area contributed by atoms with Gasteiger partial charge in [-0.15, -0.1) is 0 Å². The van der Waals surface area contributed by atoms with Crippen LogP contribution in [-0.4, -0.2) is 13.0 Å². The van der Waals surface area contributed by atoms with Gasteiger partial charge in [0.15, 0.2) is 0 Å². The topological polar surface area (TPSA) is 51.5 Å². The van der Waals surface area contributed by atoms with Gasteiger partial charge in [-0.05, 0) is 42.0 Å². The van der Waals surface area contributed by atoms with E-state index in [0.717, 1.165) is 33.3 Å². The van der Waals surface area contributed by atoms with Crippen molar-refractivity contribution < 1.29 is 13.9 Å². The van der Waals surface area contributed by atoms with Crippen LogP contribution in [0.5, 0.6) is 5.75 Å². The third kappa shape index (κ3) is 3.17. The van der Waals surface area contributed by atoms with Crippen molar-refractivity contribution in [1.29, 1.82) is 0 Å². The molecule has 1 amide bonds. The molecule has 3 aromatic carbocycles. The lowest BCUT2D eigenvalue weighted by Gasteiger charge is -2.02. The fourth-order valence-electron chi connectivity index (χ4n) is 2.87. The van der Waals surface area contributed by atoms with E-state index in [0.29, 0.717) is 5.69 Å². The number of amides is 1. The maximum Gasteiger partial charge on any atom is 0.248 e. The number of hydrogen-bond donors (Lipinski definition) is 1. The number of furan rings is 1. The van der Waals surface area contributed by atoms with Crippen LogP contribution in [0.3, 0.4) is 0 Å². The summed E-state index contributed by atoms with van der Waals surface area (Å²) in [5.74, 6) is 0.585. The second-order valence-electron chi connectivity index (χ2n) is 5.90. The molecule has 0 bridgehead atoms. The molecule has 0 aliphatic heterocycles. The average molecular weight is 343 g/mol. The first kappa shape index (κ1) is 16.0. The van der Waals surface area contributed by atoms with Crippen LogP contribution in [0.25, 0.3) is 28.0 Å². The van der Waals surface area contributed by atoms with Crippen molar-refractivity contribution in [1.82, 2.24) is 0 Å². The Labute approximate surface area is 150 Å². The standard InChI is InChI=1S/C22H17NO3/c1-25-17-10-6-15(7-11-17)8-13-22(24)23-16-9-12-19-18-4-2-3-5-20(18)26-21(19)14-16/h2-14H,1H3,(H,23,24)/b13-8-. The highest BCUT2D eigenvalue weighted by Gasteiger charge is 2.07. The van der Waals surface area contributed by atoms with Crippen molar-refractivity contribution in [3.8, 4) is 5.75 Å². The molecule has 4 rings (SSSR count). The van der Waals surface area contributed by atoms with Crippen LogP contribution in [0.1, 0.15) is 5.56 Å². The SMILES string of the molecule is COc1ccc(/C=C\C(=O)Nc2ccc3c(c2)oc2ccccc23)cc1. The van der Waals surface area contributed by atoms with Gasteiger partial charge in [0.05, 0.1) is 7.11 Å². The van der Waals surface area contributed by atoms with Crippen LogP contribution in [0, 0.1) is 0 Å². The highest BCUT2D eigenvalue weighted by atomic mass is 16.5. The number of rotatable bonds is 4. The Bertz CT molecular complexity index is 1110. The molecule has 1 aromatic heterocycles. The van der Waals surface area contributed by atoms with E-state index in [9.17, 15) is 4.79 Å². The van der Waals surface area contributed by atoms with Gasteiger partial charge >= 0.3 is 0 Å². The van der Waals surface area contributed by atoms with Crippen LogP contribution >= 0.6 is 0 Å². The smallest absolute Gasteiger partial charge is 0.248 e. The molecule has 0 fully saturated rings. The summed E-state index contributed by atoms with van der Waals surface area (Å²) < 4.78 is 11.0. The van der Waals surface area contributed by atoms with Crippen LogP contribution in [-0.2, 0) is 4.79 Å². The van der Waals surface area contributed by atoms with Crippen molar-refractivity contribution in [3.05, 3.63) is 78.4 Å². The highest BCUT2D eigenvalue weighted by molar-refractivity contribution is 6.07. The van der Waals surface area contributed by atoms with Crippen molar-refractivity contribution in [2.75, 3.05) is 12.4 Å². The van der Waals surface area contributed by atoms with E-state index < -0.39 is 0 Å². The number of ether oxygens (including phenoxy) is 1. The fraction of sp³-hybridized carbons (Fsp3) is 0.0455. The predicted molar refractivity (Wildman–Crippen MR) is 104 cm³/mol. The number of nitrogens with one attached hydrogen (secondary N) is 1. The molecule has 26 heavy (non-hydrogen) atoms. The Morgan fingerprint density at radius 3 is 2.54 bits per heavy atom. The molecule has 0 radical (unpaired) electrons. The van der Waals surface area contributed by atoms with E-state index in [-0.39, 0.29) is 5.91 Å². The van der Waals surface area contributed by atoms with Gasteiger partial charge in [-0.2, -0.15) is 0 Å². The Morgan fingerprint density at radius 2 is 1.73 bits per heavy atom. The normalized spacial score (nSPS) is 11.3. The van der Waals surface area contributed by atoms with Gasteiger partial charge in [0.2, 0.25) is 5.91 Å². The lowest BCUT2D eigenvalue weighted by molar-refractivity contribution is -0.111. The molecule has 0 aliphatic carbocycles. The molecule has 0 saturated heterocycles. The summed E-state index contributed by atoms with van der Waals surface area (Å²) in [6.45, 7) is 0. The number of anilines is 1. The largest absolute Gasteiger partial charge is 0.497 e. The molecule has 0 spiro atoms. The van der Waals surface area contributed by atoms with Crippen LogP contribution in [0.4, 0.5) is 5.69 Å². The van der Waals surface area contributed by atoms with Crippen LogP contribution in [0.2, 0.25) is 0 Å². The molecule has 0 aliphatic rings. The van der Waals surface area contributed by atoms with Gasteiger partial charge in [0, 0.05) is 28.6 Å². The lowest BCUT2D eigenvalue weighted by atomic mass is 10.1. The number of para-hydroxylation sites is 1. The minimum atomic E-state index is -0.198. The van der Waals surface area contributed by atoms with E-state index >= 15 is 0 Å². The summed E-state index contributed by atoms with van der Waals surface area (Å²) in [5, 5.41) is 4.96. The third-order valence-corrected chi connectivity index (χ3v) is 4.19. The first-order chi connectivity index (χ1) is 12.7. The first-order valence-corrected chi connectivity index (χ1v) is 8.27. The first-order valence-electron chi connectivity index (χ1n) is 8.27. The number of methoxy groups -OCH3 is 1. The lowest BCUT2D eigenvalue weighted by Crippen LogP contribution is -2.07. The molecule has 0 unspecified atom stereocenters. The summed E-state index contributed by atoms with van der Waals surface area (Å²) in [7, 11) is 1.62. The van der Waals surface area contributed by atoms with Gasteiger partial charge in [-0.1, -0.05) is 30.3 Å². The van der Waals surface area contributed by atoms with E-state index in [4.69, 9.17) is 9.15 Å². The summed E-state index contributed by atoms with van der Waals surface area (Å²) in [6, 6.07) is 21.1. The van der Waals surface area contributed by atoms with Crippen LogP contribution in [0.15, 0.2) is 77.2 Å². The number of benzene rings is 3. The summed E-state index contributed by atoms with van der Waals surface area (Å²) in [6.07, 6.45) is 3.26. The highest BCUT2D eigenvalue weighted by Crippen LogP contribution is 2.30. The summed E-state index contributed by atoms with van der Waals surface area (Å²) in [4.78, 5) is 12.2. The summed E-state index contributed by atoms with van der Waals surface area (Å²) in [5.41, 5.74) is 3.21. The molecule has 0 saturated carbocycles. The van der Waals surface area contributed by atoms with Crippen LogP contribution < -0.4 is 10.1 Å². The number of carbonyl (C=O) groups excluding carboxylic acids is 1. The van der Waals surface area contributed by atoms with Gasteiger partial charge in [0.25, 0.3) is 0 Å². The predicted octanol–water partition coefficient (Wildman–Crippen LogP) is 5.25. The summed E-state index contributed by atoms with van der Waals surface area (Å²) >= 11 is 0. The fourth-order valence-corrected chi connectivity index (χ4v) is 2.87. The Morgan fingerprint density at radius 1 is 0.962 bits per heavy atom. The van der Waals surface area contributed by atoms with Gasteiger partial charge in [-0.3, -0.25) is 4.79 Å². The van der Waals surface area contributed by atoms with Gasteiger partial charge < -0.3 is 14.5 Å². The van der Waals surface area contributed by atoms with E-state index in [1.54, 1.807) is 13.2 Å². The maximum absolute atomic E-state index is 12.2. The molecule has 4 aromatic rings. The third-order valence-electron chi connectivity index (χ3n) is 4.19. The molecular weight excluding hydrogens is 326 g/mol. The Balaban J connectivity index is 1.51. The quantitative estimate of drug-likeness (QED) is 0.515. The number of fused-ring (bicyclic) bond motifs is 3. The zero-order chi connectivity index (χ0) is 17.9. The molecule has 4 heteroatoms. The molecular formula is C22H17NO3. The maximum atomic E-state index is 12.2. The zero-order valence-electron chi connectivity index (χ0n) is 14.2. The van der Waals surface area contributed by atoms with Crippen molar-refractivity contribution >= 4 is 39.6 Å². The van der Waals surface area contributed by atoms with E-state index in [2.05, 4.69) is 5.32 Å². The van der Waals surface area contributed by atoms with E-state index in [1.165, 1.54) is 6.08 Å². The van der Waals surface area contributed by atoms with Crippen molar-refractivity contribution in [2.45, 2.75) is 0 Å². The van der Waals surface area contributed by atoms with Crippen molar-refractivity contribution in [3.63, 3.8) is 0 Å². The zero-order valence-corrected chi connectivity index (χ0v) is 14.2. The molecule has 1 N–H and O–H groups in total. The Hall–Kier alpha value is -3.53. The Kier molecular flexibility index (Phi) is 4.15. The minimum absolute atomic E-state index is 0.198. The average Bonchev–Trinajstić information content (AvgIpc) is 3.04. The second kappa shape index (κ2) is 6.76. The van der Waals surface area contributed by atoms with Gasteiger partial charge in [0.1, 0.15) is 16.9 Å².